The van der Waals surface area contributed by atoms with E-state index >= 15 is 0 Å². The second-order valence-corrected chi connectivity index (χ2v) is 5.18. The Bertz CT molecular complexity index is 427. The molecule has 19 heavy (non-hydrogen) atoms. The van der Waals surface area contributed by atoms with Crippen molar-refractivity contribution >= 4 is 6.09 Å². The summed E-state index contributed by atoms with van der Waals surface area (Å²) in [7, 11) is 1.58. The number of hydrogen-bond acceptors (Lipinski definition) is 4. The summed E-state index contributed by atoms with van der Waals surface area (Å²) < 4.78 is 10.5. The van der Waals surface area contributed by atoms with Gasteiger partial charge in [-0.15, -0.1) is 0 Å². The molecule has 0 aliphatic heterocycles. The van der Waals surface area contributed by atoms with E-state index in [4.69, 9.17) is 15.2 Å². The monoisotopic (exact) mass is 266 g/mol. The van der Waals surface area contributed by atoms with Crippen LogP contribution in [0.4, 0.5) is 4.79 Å². The van der Waals surface area contributed by atoms with Crippen molar-refractivity contribution in [3.63, 3.8) is 0 Å². The van der Waals surface area contributed by atoms with Crippen molar-refractivity contribution in [3.8, 4) is 5.75 Å². The van der Waals surface area contributed by atoms with Crippen LogP contribution in [0.1, 0.15) is 32.4 Å². The van der Waals surface area contributed by atoms with Gasteiger partial charge in [-0.3, -0.25) is 0 Å². The van der Waals surface area contributed by atoms with Crippen LogP contribution in [0.25, 0.3) is 0 Å². The van der Waals surface area contributed by atoms with Gasteiger partial charge in [-0.2, -0.15) is 0 Å². The van der Waals surface area contributed by atoms with Crippen LogP contribution in [0.2, 0.25) is 0 Å². The van der Waals surface area contributed by atoms with E-state index in [0.717, 1.165) is 5.56 Å². The summed E-state index contributed by atoms with van der Waals surface area (Å²) in [5.41, 5.74) is 6.01. The smallest absolute Gasteiger partial charge is 0.408 e. The maximum absolute atomic E-state index is 11.8. The number of hydrogen-bond donors (Lipinski definition) is 2. The zero-order chi connectivity index (χ0) is 14.5. The van der Waals surface area contributed by atoms with Gasteiger partial charge in [-0.25, -0.2) is 4.79 Å². The number of nitrogens with two attached hydrogens (primary N) is 1. The molecule has 0 unspecified atom stereocenters. The molecule has 1 amide bonds. The Kier molecular flexibility index (Phi) is 5.18. The van der Waals surface area contributed by atoms with Gasteiger partial charge < -0.3 is 20.5 Å². The lowest BCUT2D eigenvalue weighted by molar-refractivity contribution is 0.0505. The Balaban J connectivity index is 2.81. The molecule has 0 aromatic heterocycles. The first kappa shape index (κ1) is 15.3. The fourth-order valence-electron chi connectivity index (χ4n) is 1.67. The third-order valence-electron chi connectivity index (χ3n) is 2.44. The predicted octanol–water partition coefficient (Wildman–Crippen LogP) is 2.22. The average Bonchev–Trinajstić information content (AvgIpc) is 2.33. The van der Waals surface area contributed by atoms with Crippen molar-refractivity contribution in [1.82, 2.24) is 5.32 Å². The van der Waals surface area contributed by atoms with Gasteiger partial charge in [-0.1, -0.05) is 18.2 Å². The summed E-state index contributed by atoms with van der Waals surface area (Å²) in [4.78, 5) is 11.8. The zero-order valence-corrected chi connectivity index (χ0v) is 11.9. The number of para-hydroxylation sites is 1. The molecule has 3 N–H and O–H groups in total. The summed E-state index contributed by atoms with van der Waals surface area (Å²) in [6.45, 7) is 5.70. The Labute approximate surface area is 114 Å². The van der Waals surface area contributed by atoms with Crippen LogP contribution in [0.3, 0.4) is 0 Å². The molecule has 0 bridgehead atoms. The van der Waals surface area contributed by atoms with Gasteiger partial charge in [0, 0.05) is 12.1 Å². The molecular weight excluding hydrogens is 244 g/mol. The highest BCUT2D eigenvalue weighted by atomic mass is 16.6. The molecule has 0 saturated carbocycles. The summed E-state index contributed by atoms with van der Waals surface area (Å²) in [6, 6.07) is 7.09. The fraction of sp³-hybridized carbons (Fsp3) is 0.500. The lowest BCUT2D eigenvalue weighted by atomic mass is 10.1. The Morgan fingerprint density at radius 2 is 2.00 bits per heavy atom. The van der Waals surface area contributed by atoms with Gasteiger partial charge in [0.05, 0.1) is 13.2 Å². The number of ether oxygens (including phenoxy) is 2. The largest absolute Gasteiger partial charge is 0.496 e. The van der Waals surface area contributed by atoms with Crippen LogP contribution in [0.15, 0.2) is 24.3 Å². The topological polar surface area (TPSA) is 73.6 Å². The first-order valence-electron chi connectivity index (χ1n) is 6.20. The Hall–Kier alpha value is -1.75. The Morgan fingerprint density at radius 1 is 1.37 bits per heavy atom. The van der Waals surface area contributed by atoms with Gasteiger partial charge in [0.1, 0.15) is 11.4 Å². The third-order valence-corrected chi connectivity index (χ3v) is 2.44. The van der Waals surface area contributed by atoms with Crippen molar-refractivity contribution in [2.24, 2.45) is 5.73 Å². The minimum absolute atomic E-state index is 0.264. The van der Waals surface area contributed by atoms with Crippen LogP contribution in [0, 0.1) is 0 Å². The van der Waals surface area contributed by atoms with E-state index in [1.165, 1.54) is 0 Å². The highest BCUT2D eigenvalue weighted by Gasteiger charge is 2.21. The third kappa shape index (κ3) is 4.79. The van der Waals surface area contributed by atoms with Crippen LogP contribution in [0.5, 0.6) is 5.75 Å². The molecule has 0 fully saturated rings. The molecule has 0 heterocycles. The summed E-state index contributed by atoms with van der Waals surface area (Å²) in [6.07, 6.45) is -0.492. The summed E-state index contributed by atoms with van der Waals surface area (Å²) in [5, 5.41) is 2.75. The van der Waals surface area contributed by atoms with E-state index in [2.05, 4.69) is 5.32 Å². The first-order valence-corrected chi connectivity index (χ1v) is 6.20. The minimum atomic E-state index is -0.538. The van der Waals surface area contributed by atoms with Crippen molar-refractivity contribution in [1.29, 1.82) is 0 Å². The average molecular weight is 266 g/mol. The van der Waals surface area contributed by atoms with E-state index in [9.17, 15) is 4.79 Å². The second kappa shape index (κ2) is 6.43. The number of methoxy groups -OCH3 is 1. The van der Waals surface area contributed by atoms with Crippen LogP contribution in [-0.2, 0) is 4.74 Å². The second-order valence-electron chi connectivity index (χ2n) is 5.18. The zero-order valence-electron chi connectivity index (χ0n) is 11.9. The SMILES string of the molecule is COc1ccccc1[C@H](CN)NC(=O)OC(C)(C)C. The number of alkyl carbamates (subject to hydrolysis) is 1. The van der Waals surface area contributed by atoms with E-state index in [-0.39, 0.29) is 12.6 Å². The molecule has 0 saturated heterocycles. The maximum atomic E-state index is 11.8. The summed E-state index contributed by atoms with van der Waals surface area (Å²) >= 11 is 0. The fourth-order valence-corrected chi connectivity index (χ4v) is 1.67. The van der Waals surface area contributed by atoms with Crippen molar-refractivity contribution in [2.45, 2.75) is 32.4 Å². The van der Waals surface area contributed by atoms with Gasteiger partial charge >= 0.3 is 6.09 Å². The molecule has 5 heteroatoms. The van der Waals surface area contributed by atoms with Gasteiger partial charge in [0.15, 0.2) is 0 Å². The molecule has 0 spiro atoms. The highest BCUT2D eigenvalue weighted by molar-refractivity contribution is 5.68. The van der Waals surface area contributed by atoms with E-state index in [1.54, 1.807) is 7.11 Å². The van der Waals surface area contributed by atoms with Crippen molar-refractivity contribution in [3.05, 3.63) is 29.8 Å². The van der Waals surface area contributed by atoms with E-state index < -0.39 is 11.7 Å². The standard InChI is InChI=1S/C14H22N2O3/c1-14(2,3)19-13(17)16-11(9-15)10-7-5-6-8-12(10)18-4/h5-8,11H,9,15H2,1-4H3,(H,16,17)/t11-/m0/s1. The van der Waals surface area contributed by atoms with E-state index in [0.29, 0.717) is 5.75 Å². The lowest BCUT2D eigenvalue weighted by Crippen LogP contribution is -2.37. The number of carbonyl (C=O) groups excluding carboxylic acids is 1. The van der Waals surface area contributed by atoms with Gasteiger partial charge in [-0.05, 0) is 26.8 Å². The van der Waals surface area contributed by atoms with Crippen molar-refractivity contribution < 1.29 is 14.3 Å². The summed E-state index contributed by atoms with van der Waals surface area (Å²) in [5.74, 6) is 0.689. The molecule has 1 aromatic rings. The lowest BCUT2D eigenvalue weighted by Gasteiger charge is -2.24. The molecule has 0 radical (unpaired) electrons. The van der Waals surface area contributed by atoms with Crippen LogP contribution >= 0.6 is 0 Å². The number of carbonyl (C=O) groups is 1. The number of nitrogens with one attached hydrogen (secondary N) is 1. The number of rotatable bonds is 4. The number of amides is 1. The quantitative estimate of drug-likeness (QED) is 0.876. The minimum Gasteiger partial charge on any atom is -0.496 e. The molecule has 1 rings (SSSR count). The molecule has 0 aliphatic rings. The highest BCUT2D eigenvalue weighted by Crippen LogP contribution is 2.24. The molecule has 0 aliphatic carbocycles. The molecule has 1 atom stereocenters. The van der Waals surface area contributed by atoms with Crippen LogP contribution < -0.4 is 15.8 Å². The van der Waals surface area contributed by atoms with E-state index in [1.807, 2.05) is 45.0 Å². The predicted molar refractivity (Wildman–Crippen MR) is 74.2 cm³/mol. The van der Waals surface area contributed by atoms with Gasteiger partial charge in [0.2, 0.25) is 0 Å². The van der Waals surface area contributed by atoms with Gasteiger partial charge in [0.25, 0.3) is 0 Å². The molecule has 106 valence electrons. The molecule has 5 nitrogen and oxygen atoms in total. The molecular formula is C14H22N2O3. The maximum Gasteiger partial charge on any atom is 0.408 e. The van der Waals surface area contributed by atoms with Crippen molar-refractivity contribution in [2.75, 3.05) is 13.7 Å². The first-order chi connectivity index (χ1) is 8.87. The Morgan fingerprint density at radius 3 is 2.53 bits per heavy atom. The molecule has 1 aromatic carbocycles. The normalized spacial score (nSPS) is 12.7. The number of benzene rings is 1. The van der Waals surface area contributed by atoms with Crippen LogP contribution in [-0.4, -0.2) is 25.3 Å².